The van der Waals surface area contributed by atoms with Gasteiger partial charge in [-0.05, 0) is 6.92 Å². The quantitative estimate of drug-likeness (QED) is 0.828. The van der Waals surface area contributed by atoms with E-state index in [1.807, 2.05) is 0 Å². The van der Waals surface area contributed by atoms with Crippen LogP contribution < -0.4 is 5.73 Å². The van der Waals surface area contributed by atoms with Crippen LogP contribution >= 0.6 is 0 Å². The highest BCUT2D eigenvalue weighted by Gasteiger charge is 2.29. The van der Waals surface area contributed by atoms with Crippen LogP contribution in [0.1, 0.15) is 18.6 Å². The molecule has 1 unspecified atom stereocenters. The number of aromatic nitrogens is 2. The van der Waals surface area contributed by atoms with E-state index < -0.39 is 24.9 Å². The van der Waals surface area contributed by atoms with E-state index in [9.17, 15) is 13.2 Å². The van der Waals surface area contributed by atoms with E-state index >= 15 is 0 Å². The lowest BCUT2D eigenvalue weighted by atomic mass is 10.1. The number of methoxy groups -OCH3 is 1. The number of alkyl halides is 3. The minimum atomic E-state index is -4.39. The van der Waals surface area contributed by atoms with E-state index in [0.717, 1.165) is 0 Å². The molecule has 0 saturated carbocycles. The molecule has 9 heteroatoms. The van der Waals surface area contributed by atoms with Crippen molar-refractivity contribution in [2.24, 2.45) is 5.73 Å². The van der Waals surface area contributed by atoms with Crippen molar-refractivity contribution in [3.05, 3.63) is 11.7 Å². The van der Waals surface area contributed by atoms with Crippen LogP contribution in [0.3, 0.4) is 0 Å². The summed E-state index contributed by atoms with van der Waals surface area (Å²) in [6.07, 6.45) is -4.39. The Hall–Kier alpha value is -1.19. The summed E-state index contributed by atoms with van der Waals surface area (Å²) in [5.41, 5.74) is 4.86. The van der Waals surface area contributed by atoms with E-state index in [4.69, 9.17) is 15.0 Å². The molecule has 0 amide bonds. The van der Waals surface area contributed by atoms with Crippen molar-refractivity contribution in [3.63, 3.8) is 0 Å². The van der Waals surface area contributed by atoms with Crippen molar-refractivity contribution in [1.29, 1.82) is 0 Å². The second-order valence-corrected chi connectivity index (χ2v) is 3.97. The third kappa shape index (κ3) is 4.59. The average Bonchev–Trinajstić information content (AvgIpc) is 2.65. The fraction of sp³-hybridized carbons (Fsp3) is 0.778. The number of rotatable bonds is 6. The zero-order valence-corrected chi connectivity index (χ0v) is 9.95. The molecule has 0 spiro atoms. The van der Waals surface area contributed by atoms with Gasteiger partial charge in [-0.15, -0.1) is 0 Å². The number of nitrogens with two attached hydrogens (primary N) is 1. The number of nitrogens with zero attached hydrogens (tertiary/aromatic N) is 2. The number of halogens is 3. The van der Waals surface area contributed by atoms with Crippen LogP contribution in [0.5, 0.6) is 0 Å². The SMILES string of the molecule is COCC(C)(N)c1noc(COCC(F)(F)F)n1. The number of hydrogen-bond donors (Lipinski definition) is 1. The van der Waals surface area contributed by atoms with Gasteiger partial charge in [0, 0.05) is 7.11 Å². The molecule has 2 N–H and O–H groups in total. The molecule has 0 aromatic carbocycles. The van der Waals surface area contributed by atoms with Crippen molar-refractivity contribution in [2.45, 2.75) is 25.2 Å². The molecule has 0 aliphatic heterocycles. The third-order valence-electron chi connectivity index (χ3n) is 1.91. The molecular formula is C9H14F3N3O3. The Labute approximate surface area is 101 Å². The van der Waals surface area contributed by atoms with Crippen molar-refractivity contribution in [2.75, 3.05) is 20.3 Å². The lowest BCUT2D eigenvalue weighted by molar-refractivity contribution is -0.178. The molecule has 0 fully saturated rings. The van der Waals surface area contributed by atoms with E-state index in [1.165, 1.54) is 7.11 Å². The third-order valence-corrected chi connectivity index (χ3v) is 1.91. The maximum atomic E-state index is 11.8. The van der Waals surface area contributed by atoms with E-state index in [-0.39, 0.29) is 18.3 Å². The van der Waals surface area contributed by atoms with Crippen molar-refractivity contribution >= 4 is 0 Å². The number of hydrogen-bond acceptors (Lipinski definition) is 6. The summed E-state index contributed by atoms with van der Waals surface area (Å²) in [7, 11) is 1.46. The first-order chi connectivity index (χ1) is 8.24. The zero-order chi connectivity index (χ0) is 13.8. The summed E-state index contributed by atoms with van der Waals surface area (Å²) in [6, 6.07) is 0. The fourth-order valence-corrected chi connectivity index (χ4v) is 1.16. The molecule has 0 radical (unpaired) electrons. The first-order valence-electron chi connectivity index (χ1n) is 5.00. The molecule has 1 heterocycles. The van der Waals surface area contributed by atoms with Gasteiger partial charge in [0.05, 0.1) is 6.61 Å². The zero-order valence-electron chi connectivity index (χ0n) is 9.95. The molecule has 0 aliphatic rings. The van der Waals surface area contributed by atoms with Gasteiger partial charge in [-0.3, -0.25) is 0 Å². The highest BCUT2D eigenvalue weighted by Crippen LogP contribution is 2.17. The summed E-state index contributed by atoms with van der Waals surface area (Å²) < 4.78 is 49.4. The Morgan fingerprint density at radius 2 is 2.00 bits per heavy atom. The molecular weight excluding hydrogens is 255 g/mol. The van der Waals surface area contributed by atoms with Gasteiger partial charge >= 0.3 is 6.18 Å². The normalized spacial score (nSPS) is 15.7. The van der Waals surface area contributed by atoms with Crippen LogP contribution in [0.4, 0.5) is 13.2 Å². The van der Waals surface area contributed by atoms with Gasteiger partial charge in [0.25, 0.3) is 5.89 Å². The van der Waals surface area contributed by atoms with Crippen molar-refractivity contribution < 1.29 is 27.2 Å². The van der Waals surface area contributed by atoms with E-state index in [0.29, 0.717) is 0 Å². The van der Waals surface area contributed by atoms with Gasteiger partial charge in [-0.2, -0.15) is 18.2 Å². The summed E-state index contributed by atoms with van der Waals surface area (Å²) in [5.74, 6) is 0.0805. The summed E-state index contributed by atoms with van der Waals surface area (Å²) in [5, 5.41) is 3.57. The second-order valence-electron chi connectivity index (χ2n) is 3.97. The van der Waals surface area contributed by atoms with Gasteiger partial charge in [-0.25, -0.2) is 0 Å². The van der Waals surface area contributed by atoms with Crippen LogP contribution in [0.25, 0.3) is 0 Å². The second kappa shape index (κ2) is 5.63. The van der Waals surface area contributed by atoms with Gasteiger partial charge in [-0.1, -0.05) is 5.16 Å². The highest BCUT2D eigenvalue weighted by atomic mass is 19.4. The standard InChI is InChI=1S/C9H14F3N3O3/c1-8(13,4-16-2)7-14-6(18-15-7)3-17-5-9(10,11)12/h3-5,13H2,1-2H3. The lowest BCUT2D eigenvalue weighted by Gasteiger charge is -2.18. The summed E-state index contributed by atoms with van der Waals surface area (Å²) in [4.78, 5) is 3.84. The minimum Gasteiger partial charge on any atom is -0.382 e. The molecule has 1 atom stereocenters. The minimum absolute atomic E-state index is 0.0676. The topological polar surface area (TPSA) is 83.4 Å². The average molecular weight is 269 g/mol. The molecule has 6 nitrogen and oxygen atoms in total. The van der Waals surface area contributed by atoms with Gasteiger partial charge < -0.3 is 19.7 Å². The lowest BCUT2D eigenvalue weighted by Crippen LogP contribution is -2.39. The summed E-state index contributed by atoms with van der Waals surface area (Å²) in [6.45, 7) is -0.0324. The van der Waals surface area contributed by atoms with Crippen LogP contribution in [0.2, 0.25) is 0 Å². The Morgan fingerprint density at radius 1 is 1.33 bits per heavy atom. The molecule has 1 rings (SSSR count). The van der Waals surface area contributed by atoms with Crippen LogP contribution in [0, 0.1) is 0 Å². The Kier molecular flexibility index (Phi) is 4.65. The van der Waals surface area contributed by atoms with Gasteiger partial charge in [0.15, 0.2) is 5.82 Å². The monoisotopic (exact) mass is 269 g/mol. The maximum Gasteiger partial charge on any atom is 0.411 e. The first kappa shape index (κ1) is 14.9. The predicted molar refractivity (Wildman–Crippen MR) is 53.4 cm³/mol. The highest BCUT2D eigenvalue weighted by molar-refractivity contribution is 5.01. The van der Waals surface area contributed by atoms with Crippen LogP contribution in [0.15, 0.2) is 4.52 Å². The molecule has 104 valence electrons. The van der Waals surface area contributed by atoms with Crippen LogP contribution in [-0.4, -0.2) is 36.6 Å². The van der Waals surface area contributed by atoms with Crippen molar-refractivity contribution in [3.8, 4) is 0 Å². The van der Waals surface area contributed by atoms with Crippen molar-refractivity contribution in [1.82, 2.24) is 10.1 Å². The summed E-state index contributed by atoms with van der Waals surface area (Å²) >= 11 is 0. The number of ether oxygens (including phenoxy) is 2. The van der Waals surface area contributed by atoms with Gasteiger partial charge in [0.1, 0.15) is 18.8 Å². The largest absolute Gasteiger partial charge is 0.411 e. The Balaban J connectivity index is 2.53. The maximum absolute atomic E-state index is 11.8. The molecule has 1 aromatic heterocycles. The van der Waals surface area contributed by atoms with Gasteiger partial charge in [0.2, 0.25) is 0 Å². The molecule has 1 aromatic rings. The van der Waals surface area contributed by atoms with E-state index in [1.54, 1.807) is 6.92 Å². The Bertz CT molecular complexity index is 379. The fourth-order valence-electron chi connectivity index (χ4n) is 1.16. The molecule has 18 heavy (non-hydrogen) atoms. The first-order valence-corrected chi connectivity index (χ1v) is 5.00. The Morgan fingerprint density at radius 3 is 2.56 bits per heavy atom. The van der Waals surface area contributed by atoms with Crippen LogP contribution in [-0.2, 0) is 21.6 Å². The molecule has 0 aliphatic carbocycles. The smallest absolute Gasteiger partial charge is 0.382 e. The molecule has 0 bridgehead atoms. The predicted octanol–water partition coefficient (Wildman–Crippen LogP) is 0.969. The molecule has 0 saturated heterocycles. The van der Waals surface area contributed by atoms with E-state index in [2.05, 4.69) is 14.9 Å².